The van der Waals surface area contributed by atoms with Gasteiger partial charge in [-0.3, -0.25) is 0 Å². The van der Waals surface area contributed by atoms with E-state index in [2.05, 4.69) is 30.3 Å². The van der Waals surface area contributed by atoms with Crippen LogP contribution < -0.4 is 5.32 Å². The SMILES string of the molecule is C=CCCN(CCCC)C(=C)/C=C(/C)NC1CCCC(C(F)(F)F)C1. The van der Waals surface area contributed by atoms with Crippen molar-refractivity contribution in [1.29, 1.82) is 0 Å². The van der Waals surface area contributed by atoms with E-state index in [0.29, 0.717) is 6.42 Å². The molecule has 0 saturated heterocycles. The zero-order chi connectivity index (χ0) is 18.9. The summed E-state index contributed by atoms with van der Waals surface area (Å²) in [6, 6.07) is -0.110. The van der Waals surface area contributed by atoms with Gasteiger partial charge in [0.25, 0.3) is 0 Å². The molecule has 1 aliphatic rings. The van der Waals surface area contributed by atoms with Gasteiger partial charge >= 0.3 is 6.18 Å². The van der Waals surface area contributed by atoms with E-state index in [1.54, 1.807) is 0 Å². The molecule has 0 aromatic heterocycles. The van der Waals surface area contributed by atoms with Crippen LogP contribution in [-0.4, -0.2) is 30.2 Å². The van der Waals surface area contributed by atoms with E-state index < -0.39 is 12.1 Å². The van der Waals surface area contributed by atoms with Crippen LogP contribution in [0.25, 0.3) is 0 Å². The first kappa shape index (κ1) is 21.7. The highest BCUT2D eigenvalue weighted by molar-refractivity contribution is 5.18. The number of hydrogen-bond donors (Lipinski definition) is 1. The van der Waals surface area contributed by atoms with Crippen LogP contribution in [0, 0.1) is 5.92 Å². The van der Waals surface area contributed by atoms with Gasteiger partial charge in [0.05, 0.1) is 5.92 Å². The Morgan fingerprint density at radius 3 is 2.60 bits per heavy atom. The van der Waals surface area contributed by atoms with Crippen LogP contribution in [-0.2, 0) is 0 Å². The molecule has 5 heteroatoms. The van der Waals surface area contributed by atoms with Crippen LogP contribution in [0.2, 0.25) is 0 Å². The lowest BCUT2D eigenvalue weighted by Gasteiger charge is -2.32. The summed E-state index contributed by atoms with van der Waals surface area (Å²) in [5.41, 5.74) is 1.79. The lowest BCUT2D eigenvalue weighted by molar-refractivity contribution is -0.183. The molecule has 0 aromatic rings. The van der Waals surface area contributed by atoms with Gasteiger partial charge in [-0.25, -0.2) is 0 Å². The monoisotopic (exact) mass is 358 g/mol. The van der Waals surface area contributed by atoms with E-state index in [1.807, 2.05) is 19.1 Å². The normalized spacial score (nSPS) is 21.7. The van der Waals surface area contributed by atoms with Crippen LogP contribution in [0.5, 0.6) is 0 Å². The molecule has 0 heterocycles. The molecular weight excluding hydrogens is 325 g/mol. The highest BCUT2D eigenvalue weighted by atomic mass is 19.4. The maximum absolute atomic E-state index is 12.9. The van der Waals surface area contributed by atoms with E-state index in [0.717, 1.165) is 50.2 Å². The molecule has 0 radical (unpaired) electrons. The van der Waals surface area contributed by atoms with Crippen LogP contribution >= 0.6 is 0 Å². The largest absolute Gasteiger partial charge is 0.391 e. The van der Waals surface area contributed by atoms with E-state index in [4.69, 9.17) is 0 Å². The van der Waals surface area contributed by atoms with Gasteiger partial charge in [-0.15, -0.1) is 6.58 Å². The Morgan fingerprint density at radius 2 is 2.00 bits per heavy atom. The second-order valence-corrected chi connectivity index (χ2v) is 6.98. The predicted molar refractivity (Wildman–Crippen MR) is 99.1 cm³/mol. The van der Waals surface area contributed by atoms with Crippen molar-refractivity contribution >= 4 is 0 Å². The Bertz CT molecular complexity index is 454. The molecule has 1 aliphatic carbocycles. The van der Waals surface area contributed by atoms with E-state index in [1.165, 1.54) is 0 Å². The van der Waals surface area contributed by atoms with E-state index >= 15 is 0 Å². The summed E-state index contributed by atoms with van der Waals surface area (Å²) in [5, 5.41) is 3.27. The molecule has 1 saturated carbocycles. The molecule has 1 rings (SSSR count). The van der Waals surface area contributed by atoms with Crippen molar-refractivity contribution in [2.45, 2.75) is 71.0 Å². The highest BCUT2D eigenvalue weighted by Gasteiger charge is 2.42. The fraction of sp³-hybridized carbons (Fsp3) is 0.700. The fourth-order valence-electron chi connectivity index (χ4n) is 3.32. The Kier molecular flexibility index (Phi) is 9.15. The predicted octanol–water partition coefficient (Wildman–Crippen LogP) is 5.79. The van der Waals surface area contributed by atoms with Gasteiger partial charge in [0.15, 0.2) is 0 Å². The zero-order valence-electron chi connectivity index (χ0n) is 15.7. The van der Waals surface area contributed by atoms with Crippen molar-refractivity contribution in [1.82, 2.24) is 10.2 Å². The Hall–Kier alpha value is -1.39. The third-order valence-electron chi connectivity index (χ3n) is 4.74. The molecule has 0 aromatic carbocycles. The number of alkyl halides is 3. The summed E-state index contributed by atoms with van der Waals surface area (Å²) in [7, 11) is 0. The van der Waals surface area contributed by atoms with Gasteiger partial charge in [-0.05, 0) is 45.1 Å². The minimum atomic E-state index is -4.08. The summed E-state index contributed by atoms with van der Waals surface area (Å²) < 4.78 is 38.8. The molecule has 0 bridgehead atoms. The van der Waals surface area contributed by atoms with E-state index in [9.17, 15) is 13.2 Å². The third-order valence-corrected chi connectivity index (χ3v) is 4.74. The average Bonchev–Trinajstić information content (AvgIpc) is 2.54. The molecule has 25 heavy (non-hydrogen) atoms. The first-order chi connectivity index (χ1) is 11.8. The number of hydrogen-bond acceptors (Lipinski definition) is 2. The molecule has 2 unspecified atom stereocenters. The standard InChI is InChI=1S/C20H33F3N2/c1-5-7-12-25(13-8-6-2)17(4)14-16(3)24-19-11-9-10-18(15-19)20(21,22)23/h5,14,18-19,24H,1,4,6-13,15H2,2-3H3/b16-14-. The number of nitrogens with one attached hydrogen (secondary N) is 1. The van der Waals surface area contributed by atoms with Crippen molar-refractivity contribution in [2.75, 3.05) is 13.1 Å². The van der Waals surface area contributed by atoms with Crippen molar-refractivity contribution in [3.63, 3.8) is 0 Å². The van der Waals surface area contributed by atoms with Gasteiger partial charge in [0, 0.05) is 30.5 Å². The second kappa shape index (κ2) is 10.6. The Balaban J connectivity index is 2.61. The Labute approximate surface area is 150 Å². The lowest BCUT2D eigenvalue weighted by Crippen LogP contribution is -2.38. The molecule has 0 aliphatic heterocycles. The summed E-state index contributed by atoms with van der Waals surface area (Å²) in [4.78, 5) is 2.22. The van der Waals surface area contributed by atoms with Crippen LogP contribution in [0.4, 0.5) is 13.2 Å². The van der Waals surface area contributed by atoms with Gasteiger partial charge < -0.3 is 10.2 Å². The Morgan fingerprint density at radius 1 is 1.28 bits per heavy atom. The minimum Gasteiger partial charge on any atom is -0.386 e. The maximum atomic E-state index is 12.9. The maximum Gasteiger partial charge on any atom is 0.391 e. The van der Waals surface area contributed by atoms with Gasteiger partial charge in [0.1, 0.15) is 0 Å². The first-order valence-electron chi connectivity index (χ1n) is 9.34. The number of unbranched alkanes of at least 4 members (excludes halogenated alkanes) is 1. The topological polar surface area (TPSA) is 15.3 Å². The number of allylic oxidation sites excluding steroid dienone is 2. The number of halogens is 3. The molecule has 2 nitrogen and oxygen atoms in total. The van der Waals surface area contributed by atoms with Crippen LogP contribution in [0.3, 0.4) is 0 Å². The molecule has 1 N–H and O–H groups in total. The summed E-state index contributed by atoms with van der Waals surface area (Å²) >= 11 is 0. The van der Waals surface area contributed by atoms with Crippen LogP contribution in [0.15, 0.2) is 36.7 Å². The summed E-state index contributed by atoms with van der Waals surface area (Å²) in [6.07, 6.45) is 4.68. The van der Waals surface area contributed by atoms with Crippen LogP contribution in [0.1, 0.15) is 58.8 Å². The highest BCUT2D eigenvalue weighted by Crippen LogP contribution is 2.37. The van der Waals surface area contributed by atoms with E-state index in [-0.39, 0.29) is 18.9 Å². The first-order valence-corrected chi connectivity index (χ1v) is 9.34. The molecule has 0 spiro atoms. The van der Waals surface area contributed by atoms with Crippen molar-refractivity contribution in [2.24, 2.45) is 5.92 Å². The number of nitrogens with zero attached hydrogens (tertiary/aromatic N) is 1. The molecule has 0 amide bonds. The quantitative estimate of drug-likeness (QED) is 0.392. The smallest absolute Gasteiger partial charge is 0.386 e. The van der Waals surface area contributed by atoms with Crippen molar-refractivity contribution in [3.8, 4) is 0 Å². The second-order valence-electron chi connectivity index (χ2n) is 6.98. The van der Waals surface area contributed by atoms with Crippen molar-refractivity contribution < 1.29 is 13.2 Å². The minimum absolute atomic E-state index is 0.110. The fourth-order valence-corrected chi connectivity index (χ4v) is 3.32. The third kappa shape index (κ3) is 8.02. The van der Waals surface area contributed by atoms with Crippen molar-refractivity contribution in [3.05, 3.63) is 36.7 Å². The summed E-state index contributed by atoms with van der Waals surface area (Å²) in [5.74, 6) is -1.18. The van der Waals surface area contributed by atoms with Gasteiger partial charge in [-0.1, -0.05) is 32.4 Å². The zero-order valence-corrected chi connectivity index (χ0v) is 15.7. The van der Waals surface area contributed by atoms with Gasteiger partial charge in [0.2, 0.25) is 0 Å². The molecule has 2 atom stereocenters. The summed E-state index contributed by atoms with van der Waals surface area (Å²) in [6.45, 7) is 13.8. The average molecular weight is 358 g/mol. The number of rotatable bonds is 10. The van der Waals surface area contributed by atoms with Gasteiger partial charge in [-0.2, -0.15) is 13.2 Å². The molecule has 1 fully saturated rings. The molecule has 144 valence electrons. The molecular formula is C20H33F3N2. The lowest BCUT2D eigenvalue weighted by atomic mass is 9.85.